The van der Waals surface area contributed by atoms with E-state index in [0.29, 0.717) is 0 Å². The van der Waals surface area contributed by atoms with Crippen LogP contribution in [0.2, 0.25) is 0 Å². The van der Waals surface area contributed by atoms with Gasteiger partial charge in [0.05, 0.1) is 11.4 Å². The van der Waals surface area contributed by atoms with Gasteiger partial charge in [-0.15, -0.1) is 0 Å². The molecule has 0 atom stereocenters. The van der Waals surface area contributed by atoms with E-state index in [2.05, 4.69) is 200 Å². The van der Waals surface area contributed by atoms with Gasteiger partial charge in [-0.3, -0.25) is 4.98 Å². The van der Waals surface area contributed by atoms with Crippen molar-refractivity contribution in [2.75, 3.05) is 0 Å². The van der Waals surface area contributed by atoms with Crippen LogP contribution in [0.4, 0.5) is 0 Å². The van der Waals surface area contributed by atoms with Crippen LogP contribution in [0.15, 0.2) is 200 Å². The minimum absolute atomic E-state index is 0. The average molecular weight is 790 g/mol. The average Bonchev–Trinajstić information content (AvgIpc) is 3.15. The van der Waals surface area contributed by atoms with Crippen LogP contribution in [0.1, 0.15) is 11.4 Å². The van der Waals surface area contributed by atoms with E-state index < -0.39 is 14.5 Å². The van der Waals surface area contributed by atoms with Gasteiger partial charge in [0, 0.05) is 0 Å². The maximum atomic E-state index is 5.55. The molecule has 0 aliphatic rings. The highest BCUT2D eigenvalue weighted by Gasteiger charge is 2.47. The van der Waals surface area contributed by atoms with Crippen molar-refractivity contribution in [2.24, 2.45) is 0 Å². The Bertz CT molecular complexity index is 1640. The topological polar surface area (TPSA) is 12.9 Å². The molecule has 6 aromatic carbocycles. The smallest absolute Gasteiger partial charge is 0.118 e. The lowest BCUT2D eigenvalue weighted by molar-refractivity contribution is -0.001000. The van der Waals surface area contributed by atoms with Crippen LogP contribution in [-0.2, 0) is 12.3 Å². The predicted octanol–water partition coefficient (Wildman–Crippen LogP) is 2.08. The summed E-state index contributed by atoms with van der Waals surface area (Å²) in [5, 5.41) is 8.25. The van der Waals surface area contributed by atoms with Crippen molar-refractivity contribution in [3.8, 4) is 0 Å². The zero-order valence-electron chi connectivity index (χ0n) is 26.6. The molecule has 7 rings (SSSR count). The molecule has 0 saturated carbocycles. The molecule has 48 heavy (non-hydrogen) atoms. The van der Waals surface area contributed by atoms with Gasteiger partial charge in [-0.05, 0) is 84.9 Å². The fourth-order valence-electron chi connectivity index (χ4n) is 6.73. The highest BCUT2D eigenvalue weighted by Crippen LogP contribution is 2.59. The summed E-state index contributed by atoms with van der Waals surface area (Å²) in [5.41, 5.74) is 2.27. The Morgan fingerprint density at radius 1 is 0.271 bits per heavy atom. The zero-order valence-corrected chi connectivity index (χ0v) is 31.5. The molecular formula is C43H37Br2NP2. The molecule has 0 radical (unpaired) electrons. The lowest BCUT2D eigenvalue weighted by atomic mass is 10.3. The molecule has 7 aromatic rings. The second-order valence-corrected chi connectivity index (χ2v) is 18.5. The van der Waals surface area contributed by atoms with Crippen LogP contribution in [-0.4, -0.2) is 4.98 Å². The van der Waals surface area contributed by atoms with E-state index in [9.17, 15) is 0 Å². The molecule has 1 heterocycles. The molecule has 1 aromatic heterocycles. The molecule has 0 aliphatic carbocycles. The molecule has 5 heteroatoms. The van der Waals surface area contributed by atoms with Crippen molar-refractivity contribution < 1.29 is 34.0 Å². The highest BCUT2D eigenvalue weighted by atomic mass is 79.9. The van der Waals surface area contributed by atoms with Crippen molar-refractivity contribution >= 4 is 46.4 Å². The normalized spacial score (nSPS) is 11.2. The summed E-state index contributed by atoms with van der Waals surface area (Å²) in [7, 11) is -4.15. The quantitative estimate of drug-likeness (QED) is 0.194. The Hall–Kier alpha value is -3.71. The molecule has 0 N–H and O–H groups in total. The molecule has 1 nitrogen and oxygen atoms in total. The highest BCUT2D eigenvalue weighted by molar-refractivity contribution is 7.95. The van der Waals surface area contributed by atoms with E-state index >= 15 is 0 Å². The molecular weight excluding hydrogens is 752 g/mol. The van der Waals surface area contributed by atoms with Gasteiger partial charge in [0.1, 0.15) is 58.7 Å². The molecule has 0 bridgehead atoms. The van der Waals surface area contributed by atoms with E-state index in [-0.39, 0.29) is 34.0 Å². The Morgan fingerprint density at radius 3 is 0.688 bits per heavy atom. The number of nitrogens with zero attached hydrogens (tertiary/aromatic N) is 1. The molecule has 0 aliphatic heterocycles. The third kappa shape index (κ3) is 7.17. The van der Waals surface area contributed by atoms with Crippen molar-refractivity contribution in [2.45, 2.75) is 12.3 Å². The van der Waals surface area contributed by atoms with Crippen LogP contribution >= 0.6 is 14.5 Å². The van der Waals surface area contributed by atoms with Crippen molar-refractivity contribution in [1.82, 2.24) is 4.98 Å². The second-order valence-electron chi connectivity index (χ2n) is 11.6. The monoisotopic (exact) mass is 787 g/mol. The number of benzene rings is 6. The van der Waals surface area contributed by atoms with Gasteiger partial charge in [-0.25, -0.2) is 0 Å². The Labute approximate surface area is 307 Å². The minimum Gasteiger partial charge on any atom is -1.00 e. The maximum Gasteiger partial charge on any atom is 0.118 e. The van der Waals surface area contributed by atoms with Gasteiger partial charge < -0.3 is 34.0 Å². The lowest BCUT2D eigenvalue weighted by Gasteiger charge is -2.28. The van der Waals surface area contributed by atoms with Gasteiger partial charge in [0.25, 0.3) is 0 Å². The number of halogens is 2. The van der Waals surface area contributed by atoms with Crippen LogP contribution in [0.5, 0.6) is 0 Å². The maximum absolute atomic E-state index is 5.55. The Balaban J connectivity index is 0.00000225. The SMILES string of the molecule is [Br-].[Br-].c1ccc([P+](Cc2cccc(C[P+](c3ccccc3)(c3ccccc3)c3ccccc3)n2)(c2ccccc2)c2ccccc2)cc1. The fraction of sp³-hybridized carbons (Fsp3) is 0.0465. The fourth-order valence-corrected chi connectivity index (χ4v) is 15.0. The van der Waals surface area contributed by atoms with Gasteiger partial charge in [-0.2, -0.15) is 0 Å². The molecule has 0 spiro atoms. The van der Waals surface area contributed by atoms with Crippen molar-refractivity contribution in [3.63, 3.8) is 0 Å². The van der Waals surface area contributed by atoms with E-state index in [1.807, 2.05) is 0 Å². The number of hydrogen-bond donors (Lipinski definition) is 0. The third-order valence-electron chi connectivity index (χ3n) is 8.84. The van der Waals surface area contributed by atoms with Gasteiger partial charge in [0.15, 0.2) is 0 Å². The zero-order chi connectivity index (χ0) is 31.1. The number of pyridine rings is 1. The summed E-state index contributed by atoms with van der Waals surface area (Å²) in [6, 6.07) is 73.3. The van der Waals surface area contributed by atoms with Crippen LogP contribution in [0, 0.1) is 0 Å². The van der Waals surface area contributed by atoms with E-state index in [1.165, 1.54) is 31.8 Å². The molecule has 0 unspecified atom stereocenters. The number of rotatable bonds is 10. The molecule has 0 fully saturated rings. The predicted molar refractivity (Wildman–Crippen MR) is 202 cm³/mol. The first-order valence-electron chi connectivity index (χ1n) is 15.8. The van der Waals surface area contributed by atoms with Gasteiger partial charge in [-0.1, -0.05) is 115 Å². The largest absolute Gasteiger partial charge is 1.00 e. The van der Waals surface area contributed by atoms with Crippen LogP contribution < -0.4 is 65.8 Å². The van der Waals surface area contributed by atoms with Gasteiger partial charge in [0.2, 0.25) is 0 Å². The van der Waals surface area contributed by atoms with Crippen LogP contribution in [0.25, 0.3) is 0 Å². The molecule has 238 valence electrons. The van der Waals surface area contributed by atoms with Gasteiger partial charge >= 0.3 is 0 Å². The first kappa shape index (κ1) is 35.6. The summed E-state index contributed by atoms with van der Waals surface area (Å²) in [4.78, 5) is 5.55. The summed E-state index contributed by atoms with van der Waals surface area (Å²) in [6.45, 7) is 0. The Morgan fingerprint density at radius 2 is 0.479 bits per heavy atom. The summed E-state index contributed by atoms with van der Waals surface area (Å²) in [5.74, 6) is 0. The van der Waals surface area contributed by atoms with Crippen molar-refractivity contribution in [3.05, 3.63) is 212 Å². The third-order valence-corrected chi connectivity index (χ3v) is 17.5. The first-order valence-corrected chi connectivity index (χ1v) is 19.8. The first-order chi connectivity index (χ1) is 22.8. The van der Waals surface area contributed by atoms with Crippen LogP contribution in [0.3, 0.4) is 0 Å². The Kier molecular flexibility index (Phi) is 12.3. The summed E-state index contributed by atoms with van der Waals surface area (Å²) < 4.78 is 0. The standard InChI is InChI=1S/C43H37NP2.2BrH/c1-7-22-38(23-8-1)45(39-24-9-2-10-25-39,40-26-11-3-12-27-40)34-36-20-19-21-37(44-36)35-46(41-28-13-4-14-29-41,42-30-15-5-16-31-42)43-32-17-6-18-33-43;;/h1-33H,34-35H2;2*1H/q+2;;/p-2. The number of aromatic nitrogens is 1. The van der Waals surface area contributed by atoms with E-state index in [4.69, 9.17) is 4.98 Å². The summed E-state index contributed by atoms with van der Waals surface area (Å²) in [6.07, 6.45) is 1.71. The summed E-state index contributed by atoms with van der Waals surface area (Å²) >= 11 is 0. The minimum atomic E-state index is -2.07. The molecule has 0 amide bonds. The number of hydrogen-bond acceptors (Lipinski definition) is 1. The van der Waals surface area contributed by atoms with E-state index in [0.717, 1.165) is 23.7 Å². The second kappa shape index (κ2) is 16.6. The van der Waals surface area contributed by atoms with Crippen molar-refractivity contribution in [1.29, 1.82) is 0 Å². The molecule has 0 saturated heterocycles. The van der Waals surface area contributed by atoms with E-state index in [1.54, 1.807) is 0 Å². The lowest BCUT2D eigenvalue weighted by Crippen LogP contribution is -3.00.